The first-order valence-corrected chi connectivity index (χ1v) is 16.2. The Morgan fingerprint density at radius 2 is 1.16 bits per heavy atom. The van der Waals surface area contributed by atoms with Crippen molar-refractivity contribution in [2.45, 2.75) is 52.4 Å². The first-order valence-electron chi connectivity index (χ1n) is 15.3. The molecule has 0 aliphatic carbocycles. The fourth-order valence-corrected chi connectivity index (χ4v) is 7.64. The maximum Gasteiger partial charge on any atom is 0.200 e. The predicted octanol–water partition coefficient (Wildman–Crippen LogP) is 10.4. The van der Waals surface area contributed by atoms with Crippen LogP contribution in [0.25, 0.3) is 69.6 Å². The number of nitrogens with zero attached hydrogens (tertiary/aromatic N) is 1. The van der Waals surface area contributed by atoms with Crippen LogP contribution in [0, 0.1) is 0 Å². The van der Waals surface area contributed by atoms with Gasteiger partial charge in [-0.15, -0.1) is 11.3 Å². The SMILES string of the molecule is CC(C)(C)c1ccc2c(c1)c1cc(C(C)(C)C)ccc1n2-c1cccc2c(=O)c3cc4sc5ccccc5c(=O)c4cc3oc12. The van der Waals surface area contributed by atoms with Gasteiger partial charge in [-0.2, -0.15) is 0 Å². The Kier molecular flexibility index (Phi) is 5.79. The summed E-state index contributed by atoms with van der Waals surface area (Å²) in [5, 5.41) is 4.56. The highest BCUT2D eigenvalue weighted by Gasteiger charge is 2.23. The van der Waals surface area contributed by atoms with Crippen LogP contribution in [0.4, 0.5) is 0 Å². The third-order valence-electron chi connectivity index (χ3n) is 9.11. The van der Waals surface area contributed by atoms with Crippen molar-refractivity contribution in [3.63, 3.8) is 0 Å². The topological polar surface area (TPSA) is 52.2 Å². The largest absolute Gasteiger partial charge is 0.454 e. The lowest BCUT2D eigenvalue weighted by Gasteiger charge is -2.19. The highest BCUT2D eigenvalue weighted by atomic mass is 32.1. The molecule has 0 spiro atoms. The molecule has 0 unspecified atom stereocenters. The number of aromatic nitrogens is 1. The molecular weight excluding hydrogens is 575 g/mol. The molecule has 5 aromatic carbocycles. The van der Waals surface area contributed by atoms with Crippen LogP contribution in [0.5, 0.6) is 0 Å². The Balaban J connectivity index is 1.48. The van der Waals surface area contributed by atoms with E-state index < -0.39 is 0 Å². The predicted molar refractivity (Wildman–Crippen MR) is 191 cm³/mol. The molecule has 0 N–H and O–H groups in total. The van der Waals surface area contributed by atoms with E-state index in [1.807, 2.05) is 48.5 Å². The van der Waals surface area contributed by atoms with Crippen LogP contribution in [0.3, 0.4) is 0 Å². The quantitative estimate of drug-likeness (QED) is 0.175. The molecule has 0 bridgehead atoms. The summed E-state index contributed by atoms with van der Waals surface area (Å²) in [4.78, 5) is 27.6. The number of benzene rings is 5. The monoisotopic (exact) mass is 607 g/mol. The van der Waals surface area contributed by atoms with E-state index in [1.54, 1.807) is 6.07 Å². The standard InChI is InChI=1S/C40H33NO3S/c1-39(2,3)22-14-16-30-26(18-22)27-19-23(40(4,5)6)15-17-31(27)41(30)32-12-9-11-25-37(43)28-21-35-29(20-33(28)44-38(25)32)36(42)24-10-7-8-13-34(24)45-35/h7-21H,1-6H3. The molecule has 8 rings (SSSR count). The van der Waals surface area contributed by atoms with E-state index in [4.69, 9.17) is 4.42 Å². The Morgan fingerprint density at radius 3 is 1.80 bits per heavy atom. The molecule has 8 aromatic rings. The molecule has 222 valence electrons. The molecule has 0 aliphatic rings. The van der Waals surface area contributed by atoms with Gasteiger partial charge in [0.1, 0.15) is 5.58 Å². The minimum atomic E-state index is -0.103. The Labute approximate surface area is 264 Å². The van der Waals surface area contributed by atoms with Crippen LogP contribution < -0.4 is 10.9 Å². The van der Waals surface area contributed by atoms with Crippen molar-refractivity contribution < 1.29 is 4.42 Å². The summed E-state index contributed by atoms with van der Waals surface area (Å²) in [6.07, 6.45) is 0. The molecule has 3 heterocycles. The van der Waals surface area contributed by atoms with Gasteiger partial charge in [0, 0.05) is 30.9 Å². The summed E-state index contributed by atoms with van der Waals surface area (Å²) in [7, 11) is 0. The third-order valence-corrected chi connectivity index (χ3v) is 10.2. The Bertz CT molecular complexity index is 2590. The zero-order valence-electron chi connectivity index (χ0n) is 26.2. The van der Waals surface area contributed by atoms with Gasteiger partial charge in [-0.25, -0.2) is 0 Å². The van der Waals surface area contributed by atoms with Crippen LogP contribution in [0.15, 0.2) is 105 Å². The average molecular weight is 608 g/mol. The normalized spacial score (nSPS) is 12.8. The van der Waals surface area contributed by atoms with Gasteiger partial charge in [0.2, 0.25) is 5.43 Å². The van der Waals surface area contributed by atoms with Gasteiger partial charge < -0.3 is 8.98 Å². The zero-order chi connectivity index (χ0) is 31.4. The fraction of sp³-hybridized carbons (Fsp3) is 0.200. The summed E-state index contributed by atoms with van der Waals surface area (Å²) in [5.41, 5.74) is 6.16. The molecule has 5 heteroatoms. The molecular formula is C40H33NO3S. The van der Waals surface area contributed by atoms with E-state index >= 15 is 0 Å². The maximum absolute atomic E-state index is 14.1. The van der Waals surface area contributed by atoms with E-state index in [1.165, 1.54) is 33.2 Å². The van der Waals surface area contributed by atoms with Crippen LogP contribution in [-0.4, -0.2) is 4.57 Å². The fourth-order valence-electron chi connectivity index (χ4n) is 6.55. The molecule has 0 aliphatic heterocycles. The van der Waals surface area contributed by atoms with Crippen LogP contribution in [-0.2, 0) is 10.8 Å². The third kappa shape index (κ3) is 4.17. The summed E-state index contributed by atoms with van der Waals surface area (Å²) in [5.74, 6) is 0. The van der Waals surface area contributed by atoms with Crippen molar-refractivity contribution in [3.8, 4) is 5.69 Å². The van der Waals surface area contributed by atoms with E-state index in [0.717, 1.165) is 26.1 Å². The summed E-state index contributed by atoms with van der Waals surface area (Å²) in [6, 6.07) is 30.4. The lowest BCUT2D eigenvalue weighted by atomic mass is 9.85. The van der Waals surface area contributed by atoms with Gasteiger partial charge in [0.05, 0.1) is 27.5 Å². The van der Waals surface area contributed by atoms with Crippen LogP contribution >= 0.6 is 11.3 Å². The van der Waals surface area contributed by atoms with Crippen LogP contribution in [0.1, 0.15) is 52.7 Å². The summed E-state index contributed by atoms with van der Waals surface area (Å²) < 4.78 is 10.6. The highest BCUT2D eigenvalue weighted by molar-refractivity contribution is 7.24. The summed E-state index contributed by atoms with van der Waals surface area (Å²) >= 11 is 1.52. The molecule has 0 radical (unpaired) electrons. The molecule has 0 saturated heterocycles. The van der Waals surface area contributed by atoms with Crippen molar-refractivity contribution in [2.75, 3.05) is 0 Å². The number of hydrogen-bond donors (Lipinski definition) is 0. The smallest absolute Gasteiger partial charge is 0.200 e. The molecule has 0 amide bonds. The van der Waals surface area contributed by atoms with Crippen molar-refractivity contribution >= 4 is 75.3 Å². The van der Waals surface area contributed by atoms with Gasteiger partial charge in [0.25, 0.3) is 0 Å². The number of hydrogen-bond acceptors (Lipinski definition) is 4. The molecule has 3 aromatic heterocycles. The molecule has 4 nitrogen and oxygen atoms in total. The van der Waals surface area contributed by atoms with Gasteiger partial charge in [0.15, 0.2) is 11.0 Å². The lowest BCUT2D eigenvalue weighted by molar-refractivity contribution is 0.590. The maximum atomic E-state index is 14.1. The van der Waals surface area contributed by atoms with Crippen molar-refractivity contribution in [2.24, 2.45) is 0 Å². The van der Waals surface area contributed by atoms with Gasteiger partial charge >= 0.3 is 0 Å². The van der Waals surface area contributed by atoms with Gasteiger partial charge in [-0.05, 0) is 82.6 Å². The van der Waals surface area contributed by atoms with Crippen molar-refractivity contribution in [1.29, 1.82) is 0 Å². The lowest BCUT2D eigenvalue weighted by Crippen LogP contribution is -2.10. The molecule has 45 heavy (non-hydrogen) atoms. The highest BCUT2D eigenvalue weighted by Crippen LogP contribution is 2.39. The van der Waals surface area contributed by atoms with E-state index in [0.29, 0.717) is 32.7 Å². The summed E-state index contributed by atoms with van der Waals surface area (Å²) in [6.45, 7) is 13.4. The van der Waals surface area contributed by atoms with Crippen molar-refractivity contribution in [3.05, 3.63) is 123 Å². The minimum Gasteiger partial charge on any atom is -0.454 e. The Morgan fingerprint density at radius 1 is 0.556 bits per heavy atom. The Hall–Kier alpha value is -4.74. The van der Waals surface area contributed by atoms with Crippen LogP contribution in [0.2, 0.25) is 0 Å². The first kappa shape index (κ1) is 27.8. The van der Waals surface area contributed by atoms with Gasteiger partial charge in [-0.1, -0.05) is 71.9 Å². The molecule has 0 fully saturated rings. The van der Waals surface area contributed by atoms with Crippen molar-refractivity contribution in [1.82, 2.24) is 4.57 Å². The van der Waals surface area contributed by atoms with E-state index in [9.17, 15) is 9.59 Å². The first-order chi connectivity index (χ1) is 21.4. The second kappa shape index (κ2) is 9.38. The number of rotatable bonds is 1. The molecule has 0 atom stereocenters. The van der Waals surface area contributed by atoms with E-state index in [-0.39, 0.29) is 21.7 Å². The van der Waals surface area contributed by atoms with E-state index in [2.05, 4.69) is 82.5 Å². The zero-order valence-corrected chi connectivity index (χ0v) is 27.1. The second-order valence-corrected chi connectivity index (χ2v) is 15.2. The minimum absolute atomic E-state index is 0.00915. The number of fused-ring (bicyclic) bond motifs is 7. The van der Waals surface area contributed by atoms with Gasteiger partial charge in [-0.3, -0.25) is 9.59 Å². The number of para-hydroxylation sites is 1. The second-order valence-electron chi connectivity index (χ2n) is 14.2. The molecule has 0 saturated carbocycles. The average Bonchev–Trinajstić information content (AvgIpc) is 3.33.